The van der Waals surface area contributed by atoms with E-state index in [0.717, 1.165) is 0 Å². The van der Waals surface area contributed by atoms with Crippen molar-refractivity contribution < 1.29 is 5.11 Å². The lowest BCUT2D eigenvalue weighted by atomic mass is 10.3. The predicted octanol–water partition coefficient (Wildman–Crippen LogP) is 0.406. The van der Waals surface area contributed by atoms with Gasteiger partial charge in [0.25, 0.3) is 0 Å². The standard InChI is InChI=1S/C4H8O/c1-3-4(2)5/h3-5H,1H2,2H3/t4-/m1/s1. The summed E-state index contributed by atoms with van der Waals surface area (Å²) < 4.78 is 0. The van der Waals surface area contributed by atoms with Crippen molar-refractivity contribution in [3.63, 3.8) is 0 Å². The maximum atomic E-state index is 8.24. The second kappa shape index (κ2) is 2.21. The van der Waals surface area contributed by atoms with Gasteiger partial charge < -0.3 is 5.11 Å². The van der Waals surface area contributed by atoms with Crippen LogP contribution in [-0.2, 0) is 0 Å². The topological polar surface area (TPSA) is 20.2 Å². The van der Waals surface area contributed by atoms with E-state index >= 15 is 0 Å². The Morgan fingerprint density at radius 2 is 2.20 bits per heavy atom. The van der Waals surface area contributed by atoms with Gasteiger partial charge in [-0.2, -0.15) is 0 Å². The lowest BCUT2D eigenvalue weighted by Crippen LogP contribution is -1.94. The van der Waals surface area contributed by atoms with Crippen LogP contribution in [0.4, 0.5) is 0 Å². The summed E-state index contributed by atoms with van der Waals surface area (Å²) in [6, 6.07) is 0. The van der Waals surface area contributed by atoms with Gasteiger partial charge in [0.15, 0.2) is 0 Å². The van der Waals surface area contributed by atoms with E-state index in [1.54, 1.807) is 6.92 Å². The number of hydrogen-bond donors (Lipinski definition) is 1. The molecule has 0 aromatic rings. The van der Waals surface area contributed by atoms with E-state index < -0.39 is 0 Å². The van der Waals surface area contributed by atoms with Crippen LogP contribution in [0.2, 0.25) is 0 Å². The molecule has 0 heterocycles. The number of hydrogen-bond acceptors (Lipinski definition) is 1. The molecule has 2 radical (unpaired) electrons. The molecule has 0 saturated carbocycles. The van der Waals surface area contributed by atoms with Crippen LogP contribution in [0.25, 0.3) is 0 Å². The van der Waals surface area contributed by atoms with E-state index in [-0.39, 0.29) is 6.10 Å². The van der Waals surface area contributed by atoms with Crippen LogP contribution in [0.1, 0.15) is 6.92 Å². The Kier molecular flexibility index (Phi) is 2.19. The first kappa shape index (κ1) is 4.96. The van der Waals surface area contributed by atoms with Crippen molar-refractivity contribution in [2.45, 2.75) is 13.0 Å². The maximum absolute atomic E-state index is 8.24. The highest BCUT2D eigenvalue weighted by Gasteiger charge is 1.82. The Hall–Kier alpha value is -0.0400. The van der Waals surface area contributed by atoms with Gasteiger partial charge in [0.05, 0.1) is 6.10 Å². The van der Waals surface area contributed by atoms with Gasteiger partial charge in [-0.1, -0.05) is 0 Å². The SMILES string of the molecule is [CH2][CH][C@@H](C)O. The molecular formula is C4H8O. The third kappa shape index (κ3) is 3.96. The van der Waals surface area contributed by atoms with E-state index in [2.05, 4.69) is 6.92 Å². The number of aliphatic hydroxyl groups is 1. The van der Waals surface area contributed by atoms with Crippen LogP contribution < -0.4 is 0 Å². The quantitative estimate of drug-likeness (QED) is 0.475. The molecule has 0 aliphatic rings. The zero-order chi connectivity index (χ0) is 4.28. The first-order chi connectivity index (χ1) is 2.27. The second-order valence-electron chi connectivity index (χ2n) is 0.976. The van der Waals surface area contributed by atoms with Crippen molar-refractivity contribution in [1.82, 2.24) is 0 Å². The molecule has 1 N–H and O–H groups in total. The van der Waals surface area contributed by atoms with Crippen LogP contribution in [-0.4, -0.2) is 11.2 Å². The minimum Gasteiger partial charge on any atom is -0.393 e. The summed E-state index contributed by atoms with van der Waals surface area (Å²) in [6.45, 7) is 4.97. The number of rotatable bonds is 1. The molecule has 1 atom stereocenters. The molecule has 1 heteroatoms. The fraction of sp³-hybridized carbons (Fsp3) is 0.500. The van der Waals surface area contributed by atoms with Crippen LogP contribution in [0.3, 0.4) is 0 Å². The minimum atomic E-state index is -0.352. The van der Waals surface area contributed by atoms with Gasteiger partial charge in [-0.3, -0.25) is 0 Å². The second-order valence-corrected chi connectivity index (χ2v) is 0.976. The summed E-state index contributed by atoms with van der Waals surface area (Å²) >= 11 is 0. The first-order valence-electron chi connectivity index (χ1n) is 1.58. The van der Waals surface area contributed by atoms with Crippen molar-refractivity contribution in [2.75, 3.05) is 0 Å². The van der Waals surface area contributed by atoms with Crippen molar-refractivity contribution in [1.29, 1.82) is 0 Å². The smallest absolute Gasteiger partial charge is 0.0543 e. The van der Waals surface area contributed by atoms with Crippen molar-refractivity contribution >= 4 is 0 Å². The Morgan fingerprint density at radius 3 is 2.20 bits per heavy atom. The van der Waals surface area contributed by atoms with E-state index in [0.29, 0.717) is 0 Å². The molecule has 0 aromatic carbocycles. The van der Waals surface area contributed by atoms with Gasteiger partial charge in [0.2, 0.25) is 0 Å². The molecule has 0 aliphatic heterocycles. The van der Waals surface area contributed by atoms with Gasteiger partial charge in [0.1, 0.15) is 0 Å². The zero-order valence-corrected chi connectivity index (χ0v) is 3.31. The lowest BCUT2D eigenvalue weighted by molar-refractivity contribution is 0.232. The average Bonchev–Trinajstić information content (AvgIpc) is 1.38. The summed E-state index contributed by atoms with van der Waals surface area (Å²) in [5.74, 6) is 0. The van der Waals surface area contributed by atoms with Crippen LogP contribution >= 0.6 is 0 Å². The largest absolute Gasteiger partial charge is 0.393 e. The molecule has 0 saturated heterocycles. The third-order valence-corrected chi connectivity index (χ3v) is 0.341. The molecule has 0 aromatic heterocycles. The molecule has 1 nitrogen and oxygen atoms in total. The van der Waals surface area contributed by atoms with E-state index in [1.165, 1.54) is 6.42 Å². The Morgan fingerprint density at radius 1 is 2.00 bits per heavy atom. The summed E-state index contributed by atoms with van der Waals surface area (Å²) in [5.41, 5.74) is 0. The molecule has 0 bridgehead atoms. The van der Waals surface area contributed by atoms with Gasteiger partial charge in [-0.05, 0) is 20.3 Å². The fourth-order valence-corrected chi connectivity index (χ4v) is 0. The maximum Gasteiger partial charge on any atom is 0.0543 e. The molecule has 0 aliphatic carbocycles. The highest BCUT2D eigenvalue weighted by Crippen LogP contribution is 1.79. The monoisotopic (exact) mass is 72.1 g/mol. The summed E-state index contributed by atoms with van der Waals surface area (Å²) in [4.78, 5) is 0. The zero-order valence-electron chi connectivity index (χ0n) is 3.31. The van der Waals surface area contributed by atoms with Crippen molar-refractivity contribution in [3.05, 3.63) is 13.3 Å². The Labute approximate surface area is 32.6 Å². The minimum absolute atomic E-state index is 0.352. The normalized spacial score (nSPS) is 15.0. The van der Waals surface area contributed by atoms with E-state index in [9.17, 15) is 0 Å². The molecule has 0 unspecified atom stereocenters. The van der Waals surface area contributed by atoms with Crippen LogP contribution in [0, 0.1) is 13.3 Å². The molecule has 0 amide bonds. The average molecular weight is 72.1 g/mol. The third-order valence-electron chi connectivity index (χ3n) is 0.341. The summed E-state index contributed by atoms with van der Waals surface area (Å²) in [5, 5.41) is 8.24. The van der Waals surface area contributed by atoms with Gasteiger partial charge >= 0.3 is 0 Å². The Balaban J connectivity index is 2.54. The predicted molar refractivity (Wildman–Crippen MR) is 21.3 cm³/mol. The molecule has 30 valence electrons. The van der Waals surface area contributed by atoms with Gasteiger partial charge in [-0.15, -0.1) is 0 Å². The van der Waals surface area contributed by atoms with E-state index in [4.69, 9.17) is 5.11 Å². The number of aliphatic hydroxyl groups excluding tert-OH is 1. The van der Waals surface area contributed by atoms with Gasteiger partial charge in [-0.25, -0.2) is 0 Å². The van der Waals surface area contributed by atoms with Crippen LogP contribution in [0.15, 0.2) is 0 Å². The van der Waals surface area contributed by atoms with Crippen molar-refractivity contribution in [2.24, 2.45) is 0 Å². The van der Waals surface area contributed by atoms with Crippen LogP contribution in [0.5, 0.6) is 0 Å². The van der Waals surface area contributed by atoms with Crippen molar-refractivity contribution in [3.8, 4) is 0 Å². The molecule has 0 rings (SSSR count). The molecule has 0 spiro atoms. The summed E-state index contributed by atoms with van der Waals surface area (Å²) in [7, 11) is 0. The highest BCUT2D eigenvalue weighted by atomic mass is 16.3. The lowest BCUT2D eigenvalue weighted by Gasteiger charge is -1.89. The Bertz CT molecular complexity index is 17.6. The van der Waals surface area contributed by atoms with Gasteiger partial charge in [0, 0.05) is 0 Å². The molecule has 0 fully saturated rings. The molecule has 5 heavy (non-hydrogen) atoms. The molecular weight excluding hydrogens is 64.0 g/mol. The van der Waals surface area contributed by atoms with E-state index in [1.807, 2.05) is 0 Å². The summed E-state index contributed by atoms with van der Waals surface area (Å²) in [6.07, 6.45) is 1.12. The first-order valence-corrected chi connectivity index (χ1v) is 1.58. The highest BCUT2D eigenvalue weighted by molar-refractivity contribution is 4.71. The fourth-order valence-electron chi connectivity index (χ4n) is 0.